The maximum Gasteiger partial charge on any atom is 0.441 e. The number of nitrogens with zero attached hydrogens (tertiary/aromatic N) is 2. The molecule has 11 heteroatoms. The number of rotatable bonds is 0. The number of nitrogens with one attached hydrogen (secondary N) is 1. The van der Waals surface area contributed by atoms with Gasteiger partial charge in [0.25, 0.3) is 0 Å². The monoisotopic (exact) mass is 305 g/mol. The van der Waals surface area contributed by atoms with Crippen molar-refractivity contribution in [2.24, 2.45) is 4.99 Å². The van der Waals surface area contributed by atoms with Gasteiger partial charge in [-0.15, -0.1) is 0 Å². The van der Waals surface area contributed by atoms with Crippen LogP contribution in [0, 0.1) is 0 Å². The van der Waals surface area contributed by atoms with Crippen molar-refractivity contribution in [3.8, 4) is 0 Å². The minimum Gasteiger partial charge on any atom is -0.297 e. The number of allylic oxidation sites excluding steroid dienone is 1. The average molecular weight is 305 g/mol. The van der Waals surface area contributed by atoms with Crippen molar-refractivity contribution in [2.45, 2.75) is 24.9 Å². The van der Waals surface area contributed by atoms with Crippen LogP contribution >= 0.6 is 11.8 Å². The van der Waals surface area contributed by atoms with Crippen LogP contribution < -0.4 is 5.32 Å². The lowest BCUT2D eigenvalue weighted by Gasteiger charge is -2.38. The molecule has 4 nitrogen and oxygen atoms in total. The lowest BCUT2D eigenvalue weighted by atomic mass is 10.1. The first-order valence-electron chi connectivity index (χ1n) is 4.69. The Kier molecular flexibility index (Phi) is 2.81. The summed E-state index contributed by atoms with van der Waals surface area (Å²) in [6.07, 6.45) is -10.5. The molecule has 2 heterocycles. The number of amidine groups is 1. The highest BCUT2D eigenvalue weighted by Gasteiger charge is 2.74. The van der Waals surface area contributed by atoms with Crippen LogP contribution in [-0.2, 0) is 0 Å². The van der Waals surface area contributed by atoms with E-state index in [1.807, 2.05) is 0 Å². The van der Waals surface area contributed by atoms with Crippen LogP contribution in [0.4, 0.5) is 31.1 Å². The number of amides is 2. The summed E-state index contributed by atoms with van der Waals surface area (Å²) in [6.45, 7) is 1.43. The molecule has 0 aromatic carbocycles. The Bertz CT molecular complexity index is 480. The smallest absolute Gasteiger partial charge is 0.297 e. The lowest BCUT2D eigenvalue weighted by Crippen LogP contribution is -2.70. The fourth-order valence-electron chi connectivity index (χ4n) is 1.49. The van der Waals surface area contributed by atoms with Crippen LogP contribution in [0.25, 0.3) is 0 Å². The Balaban J connectivity index is 2.58. The molecule has 19 heavy (non-hydrogen) atoms. The number of carbonyl (C=O) groups is 1. The summed E-state index contributed by atoms with van der Waals surface area (Å²) in [5, 5.41) is 0.237. The SMILES string of the molecule is CC1=CN2C(=O)NC(C(F)(F)F)(C(F)(F)F)N=C2S1. The Morgan fingerprint density at radius 2 is 1.79 bits per heavy atom. The zero-order valence-electron chi connectivity index (χ0n) is 9.06. The molecule has 0 aromatic rings. The van der Waals surface area contributed by atoms with Gasteiger partial charge in [-0.25, -0.2) is 14.7 Å². The molecule has 2 amide bonds. The van der Waals surface area contributed by atoms with Crippen LogP contribution in [0.5, 0.6) is 0 Å². The van der Waals surface area contributed by atoms with E-state index in [0.29, 0.717) is 21.6 Å². The molecule has 0 saturated carbocycles. The van der Waals surface area contributed by atoms with Gasteiger partial charge in [0.1, 0.15) is 0 Å². The van der Waals surface area contributed by atoms with E-state index < -0.39 is 29.2 Å². The van der Waals surface area contributed by atoms with Gasteiger partial charge in [-0.05, 0) is 6.92 Å². The molecule has 106 valence electrons. The van der Waals surface area contributed by atoms with Crippen LogP contribution in [0.3, 0.4) is 0 Å². The van der Waals surface area contributed by atoms with Crippen molar-refractivity contribution in [2.75, 3.05) is 0 Å². The average Bonchev–Trinajstić information content (AvgIpc) is 2.55. The van der Waals surface area contributed by atoms with E-state index in [0.717, 1.165) is 11.5 Å². The molecule has 0 aliphatic carbocycles. The van der Waals surface area contributed by atoms with Gasteiger partial charge in [-0.3, -0.25) is 5.32 Å². The highest BCUT2D eigenvalue weighted by atomic mass is 32.2. The second-order valence-corrected chi connectivity index (χ2v) is 4.96. The molecular formula is C8H5F6N3OS. The number of aliphatic imine (C=N–C) groups is 1. The highest BCUT2D eigenvalue weighted by Crippen LogP contribution is 2.47. The van der Waals surface area contributed by atoms with Crippen LogP contribution in [0.15, 0.2) is 16.1 Å². The number of hydrogen-bond donors (Lipinski definition) is 1. The van der Waals surface area contributed by atoms with E-state index in [4.69, 9.17) is 0 Å². The fraction of sp³-hybridized carbons (Fsp3) is 0.500. The molecular weight excluding hydrogens is 300 g/mol. The van der Waals surface area contributed by atoms with Gasteiger partial charge in [-0.2, -0.15) is 26.3 Å². The van der Waals surface area contributed by atoms with Crippen molar-refractivity contribution < 1.29 is 31.1 Å². The van der Waals surface area contributed by atoms with E-state index in [-0.39, 0.29) is 0 Å². The number of hydrogen-bond acceptors (Lipinski definition) is 3. The van der Waals surface area contributed by atoms with Crippen molar-refractivity contribution in [1.82, 2.24) is 10.2 Å². The van der Waals surface area contributed by atoms with E-state index in [9.17, 15) is 31.1 Å². The Labute approximate surface area is 106 Å². The predicted molar refractivity (Wildman–Crippen MR) is 54.0 cm³/mol. The zero-order valence-corrected chi connectivity index (χ0v) is 9.87. The molecule has 2 rings (SSSR count). The molecule has 0 bridgehead atoms. The van der Waals surface area contributed by atoms with E-state index in [1.165, 1.54) is 6.92 Å². The minimum absolute atomic E-state index is 0.356. The van der Waals surface area contributed by atoms with Gasteiger partial charge in [-0.1, -0.05) is 11.8 Å². The third kappa shape index (κ3) is 1.95. The number of fused-ring (bicyclic) bond motifs is 1. The number of carbonyl (C=O) groups excluding carboxylic acids is 1. The number of alkyl halides is 6. The van der Waals surface area contributed by atoms with Crippen molar-refractivity contribution >= 4 is 23.0 Å². The lowest BCUT2D eigenvalue weighted by molar-refractivity contribution is -0.302. The molecule has 0 saturated heterocycles. The first-order valence-corrected chi connectivity index (χ1v) is 5.50. The zero-order chi connectivity index (χ0) is 14.6. The summed E-state index contributed by atoms with van der Waals surface area (Å²) >= 11 is 0.564. The maximum atomic E-state index is 12.7. The molecule has 1 N–H and O–H groups in total. The fourth-order valence-corrected chi connectivity index (χ4v) is 2.36. The quantitative estimate of drug-likeness (QED) is 0.699. The molecule has 2 aliphatic rings. The Morgan fingerprint density at radius 3 is 2.26 bits per heavy atom. The summed E-state index contributed by atoms with van der Waals surface area (Å²) in [4.78, 5) is 15.1. The van der Waals surface area contributed by atoms with Gasteiger partial charge >= 0.3 is 24.0 Å². The summed E-state index contributed by atoms with van der Waals surface area (Å²) in [6, 6.07) is -1.52. The molecule has 0 atom stereocenters. The molecule has 0 radical (unpaired) electrons. The summed E-state index contributed by atoms with van der Waals surface area (Å²) in [5.41, 5.74) is -4.60. The first kappa shape index (κ1) is 14.0. The van der Waals surface area contributed by atoms with Gasteiger partial charge in [0, 0.05) is 11.1 Å². The normalized spacial score (nSPS) is 22.7. The third-order valence-corrected chi connectivity index (χ3v) is 3.26. The molecule has 0 aromatic heterocycles. The van der Waals surface area contributed by atoms with Crippen LogP contribution in [-0.4, -0.2) is 34.1 Å². The third-order valence-electron chi connectivity index (χ3n) is 2.36. The highest BCUT2D eigenvalue weighted by molar-refractivity contribution is 8.17. The van der Waals surface area contributed by atoms with Crippen LogP contribution in [0.2, 0.25) is 0 Å². The van der Waals surface area contributed by atoms with Gasteiger partial charge < -0.3 is 0 Å². The largest absolute Gasteiger partial charge is 0.441 e. The predicted octanol–water partition coefficient (Wildman–Crippen LogP) is 2.80. The Morgan fingerprint density at radius 1 is 1.26 bits per heavy atom. The number of urea groups is 1. The summed E-state index contributed by atoms with van der Waals surface area (Å²) in [5.74, 6) is 0. The van der Waals surface area contributed by atoms with E-state index in [1.54, 1.807) is 0 Å². The van der Waals surface area contributed by atoms with Crippen LogP contribution in [0.1, 0.15) is 6.92 Å². The first-order chi connectivity index (χ1) is 8.48. The molecule has 2 aliphatic heterocycles. The van der Waals surface area contributed by atoms with E-state index >= 15 is 0 Å². The van der Waals surface area contributed by atoms with Gasteiger partial charge in [0.15, 0.2) is 5.17 Å². The number of thioether (sulfide) groups is 1. The molecule has 0 fully saturated rings. The summed E-state index contributed by atoms with van der Waals surface area (Å²) < 4.78 is 76.4. The van der Waals surface area contributed by atoms with Gasteiger partial charge in [0.05, 0.1) is 0 Å². The molecule has 0 spiro atoms. The van der Waals surface area contributed by atoms with Crippen molar-refractivity contribution in [1.29, 1.82) is 0 Å². The standard InChI is InChI=1S/C8H5F6N3OS/c1-3-2-17-4(18)15-6(7(9,10)11,8(12,13)14)16-5(17)19-3/h2H,1H3,(H,15,18). The summed E-state index contributed by atoms with van der Waals surface area (Å²) in [7, 11) is 0. The second-order valence-electron chi connectivity index (χ2n) is 3.74. The van der Waals surface area contributed by atoms with Crippen molar-refractivity contribution in [3.05, 3.63) is 11.1 Å². The maximum absolute atomic E-state index is 12.7. The second kappa shape index (κ2) is 3.81. The van der Waals surface area contributed by atoms with Crippen molar-refractivity contribution in [3.63, 3.8) is 0 Å². The van der Waals surface area contributed by atoms with E-state index in [2.05, 4.69) is 4.99 Å². The molecule has 0 unspecified atom stereocenters. The Hall–Kier alpha value is -1.39. The minimum atomic E-state index is -5.79. The number of halogens is 6. The topological polar surface area (TPSA) is 44.7 Å². The van der Waals surface area contributed by atoms with Gasteiger partial charge in [0.2, 0.25) is 0 Å².